The number of fused-ring (bicyclic) bond motifs is 1. The van der Waals surface area contributed by atoms with Crippen molar-refractivity contribution in [1.82, 2.24) is 24.2 Å². The Balaban J connectivity index is 1.51. The summed E-state index contributed by atoms with van der Waals surface area (Å²) in [7, 11) is -2.14. The number of rotatable bonds is 12. The van der Waals surface area contributed by atoms with Crippen LogP contribution in [0.3, 0.4) is 0 Å². The van der Waals surface area contributed by atoms with Crippen LogP contribution in [0.5, 0.6) is 0 Å². The van der Waals surface area contributed by atoms with Gasteiger partial charge in [0.15, 0.2) is 23.2 Å². The zero-order valence-corrected chi connectivity index (χ0v) is 26.1. The van der Waals surface area contributed by atoms with E-state index in [2.05, 4.69) is 49.3 Å². The molecule has 2 aromatic heterocycles. The molecule has 13 heteroatoms. The minimum atomic E-state index is -3.63. The Bertz CT molecular complexity index is 1610. The first-order valence-electron chi connectivity index (χ1n) is 14.5. The van der Waals surface area contributed by atoms with Gasteiger partial charge in [0.2, 0.25) is 10.0 Å². The van der Waals surface area contributed by atoms with Gasteiger partial charge in [-0.1, -0.05) is 81.4 Å². The highest BCUT2D eigenvalue weighted by Crippen LogP contribution is 2.33. The number of nitrogens with one attached hydrogen (secondary N) is 2. The topological polar surface area (TPSA) is 161 Å². The summed E-state index contributed by atoms with van der Waals surface area (Å²) >= 11 is 0. The fourth-order valence-corrected chi connectivity index (χ4v) is 7.00. The van der Waals surface area contributed by atoms with Gasteiger partial charge >= 0.3 is 0 Å². The van der Waals surface area contributed by atoms with Crippen LogP contribution in [0, 0.1) is 5.41 Å². The number of ether oxygens (including phenoxy) is 2. The summed E-state index contributed by atoms with van der Waals surface area (Å²) in [5.74, 6) is 0.513. The number of benzene rings is 2. The predicted molar refractivity (Wildman–Crippen MR) is 166 cm³/mol. The molecule has 0 saturated carbocycles. The zero-order valence-electron chi connectivity index (χ0n) is 25.3. The van der Waals surface area contributed by atoms with Crippen molar-refractivity contribution >= 4 is 27.0 Å². The molecule has 0 spiro atoms. The molecular formula is C31H40N6O6S. The lowest BCUT2D eigenvalue weighted by Gasteiger charge is -2.20. The van der Waals surface area contributed by atoms with Crippen molar-refractivity contribution in [3.05, 3.63) is 83.9 Å². The molecule has 1 saturated heterocycles. The number of nitrogens with zero attached hydrogens (tertiary/aromatic N) is 4. The molecule has 2 aromatic carbocycles. The van der Waals surface area contributed by atoms with Gasteiger partial charge in [0.1, 0.15) is 24.1 Å². The number of hydrogen-bond acceptors (Lipinski definition) is 10. The fourth-order valence-electron chi connectivity index (χ4n) is 5.40. The second-order valence-electron chi connectivity index (χ2n) is 12.2. The van der Waals surface area contributed by atoms with Crippen LogP contribution < -0.4 is 10.0 Å². The Morgan fingerprint density at radius 1 is 1.00 bits per heavy atom. The van der Waals surface area contributed by atoms with Gasteiger partial charge in [-0.3, -0.25) is 4.57 Å². The van der Waals surface area contributed by atoms with Crippen LogP contribution in [0.2, 0.25) is 0 Å². The number of methoxy groups -OCH3 is 1. The van der Waals surface area contributed by atoms with Gasteiger partial charge in [-0.2, -0.15) is 0 Å². The molecule has 0 unspecified atom stereocenters. The van der Waals surface area contributed by atoms with Crippen LogP contribution in [0.15, 0.2) is 67.0 Å². The number of sulfonamides is 1. The van der Waals surface area contributed by atoms with Crippen molar-refractivity contribution in [2.45, 2.75) is 57.8 Å². The molecule has 44 heavy (non-hydrogen) atoms. The fraction of sp³-hybridized carbons (Fsp3) is 0.452. The van der Waals surface area contributed by atoms with Crippen molar-refractivity contribution in [2.75, 3.05) is 31.3 Å². The molecule has 3 heterocycles. The molecule has 236 valence electrons. The summed E-state index contributed by atoms with van der Waals surface area (Å²) in [5, 5.41) is 24.8. The maximum Gasteiger partial charge on any atom is 0.212 e. The molecule has 0 bridgehead atoms. The molecule has 12 nitrogen and oxygen atoms in total. The second-order valence-corrected chi connectivity index (χ2v) is 14.0. The molecule has 1 aliphatic rings. The van der Waals surface area contributed by atoms with Gasteiger partial charge in [0.05, 0.1) is 25.2 Å². The predicted octanol–water partition coefficient (Wildman–Crippen LogP) is 2.80. The minimum absolute atomic E-state index is 0.0248. The molecule has 5 rings (SSSR count). The molecule has 0 radical (unpaired) electrons. The maximum absolute atomic E-state index is 12.8. The van der Waals surface area contributed by atoms with Crippen molar-refractivity contribution in [3.63, 3.8) is 0 Å². The molecule has 0 amide bonds. The SMILES string of the molecule is COC[C@H]1O[C@@H](n2cnc3c(NCC(c4ccccc4)c4ccccc4)nc(CNS(=O)(=O)CC(C)(C)C)nc32)[C@@H](O)[C@@H]1O. The van der Waals surface area contributed by atoms with Crippen molar-refractivity contribution in [2.24, 2.45) is 5.41 Å². The number of aliphatic hydroxyl groups is 2. The van der Waals surface area contributed by atoms with E-state index < -0.39 is 40.0 Å². The largest absolute Gasteiger partial charge is 0.387 e. The molecule has 0 aliphatic carbocycles. The third-order valence-electron chi connectivity index (χ3n) is 7.36. The smallest absolute Gasteiger partial charge is 0.212 e. The van der Waals surface area contributed by atoms with Crippen LogP contribution in [0.1, 0.15) is 49.9 Å². The van der Waals surface area contributed by atoms with Crippen molar-refractivity contribution in [3.8, 4) is 0 Å². The van der Waals surface area contributed by atoms with Crippen LogP contribution in [0.25, 0.3) is 11.2 Å². The lowest BCUT2D eigenvalue weighted by molar-refractivity contribution is -0.0580. The molecule has 4 N–H and O–H groups in total. The Morgan fingerprint density at radius 3 is 2.23 bits per heavy atom. The Labute approximate surface area is 257 Å². The summed E-state index contributed by atoms with van der Waals surface area (Å²) < 4.78 is 40.8. The monoisotopic (exact) mass is 624 g/mol. The van der Waals surface area contributed by atoms with E-state index in [-0.39, 0.29) is 30.6 Å². The molecule has 1 aliphatic heterocycles. The van der Waals surface area contributed by atoms with Crippen molar-refractivity contribution < 1.29 is 28.1 Å². The Kier molecular flexibility index (Phi) is 9.63. The number of aromatic nitrogens is 4. The van der Waals surface area contributed by atoms with Crippen LogP contribution in [-0.2, 0) is 26.0 Å². The van der Waals surface area contributed by atoms with Crippen LogP contribution in [0.4, 0.5) is 5.82 Å². The highest BCUT2D eigenvalue weighted by Gasteiger charge is 2.44. The molecule has 1 fully saturated rings. The average molecular weight is 625 g/mol. The molecular weight excluding hydrogens is 584 g/mol. The third-order valence-corrected chi connectivity index (χ3v) is 9.19. The quantitative estimate of drug-likeness (QED) is 0.185. The first kappa shape index (κ1) is 31.9. The summed E-state index contributed by atoms with van der Waals surface area (Å²) in [4.78, 5) is 13.9. The van der Waals surface area contributed by atoms with Gasteiger partial charge in [0.25, 0.3) is 0 Å². The van der Waals surface area contributed by atoms with E-state index in [4.69, 9.17) is 9.47 Å². The van der Waals surface area contributed by atoms with E-state index in [0.29, 0.717) is 23.5 Å². The van der Waals surface area contributed by atoms with E-state index in [9.17, 15) is 18.6 Å². The van der Waals surface area contributed by atoms with Crippen molar-refractivity contribution in [1.29, 1.82) is 0 Å². The highest BCUT2D eigenvalue weighted by molar-refractivity contribution is 7.89. The van der Waals surface area contributed by atoms with E-state index in [1.165, 1.54) is 18.0 Å². The molecule has 4 aromatic rings. The normalized spacial score (nSPS) is 20.9. The second kappa shape index (κ2) is 13.3. The Morgan fingerprint density at radius 2 is 1.64 bits per heavy atom. The highest BCUT2D eigenvalue weighted by atomic mass is 32.2. The zero-order chi connectivity index (χ0) is 31.5. The summed E-state index contributed by atoms with van der Waals surface area (Å²) in [6.45, 7) is 5.94. The standard InChI is InChI=1S/C31H40N6O6S/c1-31(2,3)18-44(40,41)34-16-24-35-28(32-15-22(20-11-7-5-8-12-20)21-13-9-6-10-14-21)25-29(36-24)37(19-33-25)30-27(39)26(38)23(43-30)17-42-4/h5-14,19,22-23,26-27,30,34,38-39H,15-18H2,1-4H3,(H,32,35,36)/t23-,26-,27+,30-/m1/s1. The summed E-state index contributed by atoms with van der Waals surface area (Å²) in [5.41, 5.74) is 2.50. The van der Waals surface area contributed by atoms with Gasteiger partial charge in [0, 0.05) is 19.6 Å². The van der Waals surface area contributed by atoms with E-state index >= 15 is 0 Å². The van der Waals surface area contributed by atoms with E-state index in [1.54, 1.807) is 0 Å². The number of aliphatic hydroxyl groups excluding tert-OH is 2. The van der Waals surface area contributed by atoms with E-state index in [0.717, 1.165) is 11.1 Å². The summed E-state index contributed by atoms with van der Waals surface area (Å²) in [6, 6.07) is 20.2. The minimum Gasteiger partial charge on any atom is -0.387 e. The van der Waals surface area contributed by atoms with Gasteiger partial charge in [-0.25, -0.2) is 28.1 Å². The lowest BCUT2D eigenvalue weighted by Crippen LogP contribution is -2.33. The van der Waals surface area contributed by atoms with Crippen LogP contribution >= 0.6 is 0 Å². The van der Waals surface area contributed by atoms with Gasteiger partial charge in [-0.05, 0) is 16.5 Å². The third kappa shape index (κ3) is 7.42. The lowest BCUT2D eigenvalue weighted by atomic mass is 9.91. The number of anilines is 1. The van der Waals surface area contributed by atoms with Gasteiger partial charge < -0.3 is 25.0 Å². The maximum atomic E-state index is 12.8. The van der Waals surface area contributed by atoms with Gasteiger partial charge in [-0.15, -0.1) is 0 Å². The number of imidazole rings is 1. The number of hydrogen-bond donors (Lipinski definition) is 4. The van der Waals surface area contributed by atoms with E-state index in [1.807, 2.05) is 57.2 Å². The van der Waals surface area contributed by atoms with Crippen LogP contribution in [-0.4, -0.2) is 82.5 Å². The first-order valence-corrected chi connectivity index (χ1v) is 16.2. The molecule has 4 atom stereocenters. The Hall–Kier alpha value is -3.46. The summed E-state index contributed by atoms with van der Waals surface area (Å²) in [6.07, 6.45) is -2.73. The average Bonchev–Trinajstić information content (AvgIpc) is 3.52. The first-order chi connectivity index (χ1) is 21.0.